The van der Waals surface area contributed by atoms with Gasteiger partial charge in [-0.15, -0.1) is 10.2 Å². The largest absolute Gasteiger partial charge is 0.479 e. The van der Waals surface area contributed by atoms with Gasteiger partial charge in [-0.25, -0.2) is 26.8 Å². The maximum atomic E-state index is 15.1. The maximum absolute atomic E-state index is 15.1. The highest BCUT2D eigenvalue weighted by Gasteiger charge is 2.48. The number of likely N-dealkylation sites (tertiary alicyclic amines) is 1. The van der Waals surface area contributed by atoms with Gasteiger partial charge in [-0.05, 0) is 30.2 Å². The Labute approximate surface area is 218 Å². The van der Waals surface area contributed by atoms with Gasteiger partial charge in [0.2, 0.25) is 11.8 Å². The SMILES string of the molecule is COc1nc(N[C@H]2CCN(C3(C#N)COC3)C[C@H]2F)nn2ccc(-c3cc(F)c4nnn(CC(F)F)c4c3)c12. The van der Waals surface area contributed by atoms with Gasteiger partial charge in [0.1, 0.15) is 23.7 Å². The topological polar surface area (TPSA) is 118 Å². The smallest absolute Gasteiger partial charge is 0.258 e. The van der Waals surface area contributed by atoms with Crippen molar-refractivity contribution in [1.29, 1.82) is 5.26 Å². The van der Waals surface area contributed by atoms with Crippen LogP contribution in [0.15, 0.2) is 24.4 Å². The Bertz CT molecular complexity index is 1580. The van der Waals surface area contributed by atoms with Gasteiger partial charge in [0.15, 0.2) is 11.4 Å². The van der Waals surface area contributed by atoms with Crippen molar-refractivity contribution in [3.05, 3.63) is 30.2 Å². The highest BCUT2D eigenvalue weighted by atomic mass is 19.3. The molecule has 2 aliphatic heterocycles. The first-order valence-electron chi connectivity index (χ1n) is 12.2. The van der Waals surface area contributed by atoms with E-state index in [9.17, 15) is 18.4 Å². The van der Waals surface area contributed by atoms with Crippen LogP contribution in [0, 0.1) is 17.1 Å². The fourth-order valence-electron chi connectivity index (χ4n) is 5.11. The normalized spacial score (nSPS) is 21.3. The Morgan fingerprint density at radius 2 is 2.15 bits per heavy atom. The van der Waals surface area contributed by atoms with Crippen LogP contribution in [-0.2, 0) is 11.3 Å². The van der Waals surface area contributed by atoms with E-state index in [-0.39, 0.29) is 42.6 Å². The third kappa shape index (κ3) is 4.29. The third-order valence-electron chi connectivity index (χ3n) is 7.22. The second-order valence-electron chi connectivity index (χ2n) is 9.59. The second kappa shape index (κ2) is 9.62. The Morgan fingerprint density at radius 3 is 2.82 bits per heavy atom. The predicted octanol–water partition coefficient (Wildman–Crippen LogP) is 2.67. The van der Waals surface area contributed by atoms with Crippen molar-refractivity contribution in [2.24, 2.45) is 0 Å². The number of methoxy groups -OCH3 is 1. The zero-order valence-corrected chi connectivity index (χ0v) is 20.7. The van der Waals surface area contributed by atoms with Crippen molar-refractivity contribution in [3.8, 4) is 23.1 Å². The van der Waals surface area contributed by atoms with E-state index in [0.717, 1.165) is 4.68 Å². The lowest BCUT2D eigenvalue weighted by molar-refractivity contribution is -0.121. The van der Waals surface area contributed by atoms with Crippen LogP contribution in [0.5, 0.6) is 5.88 Å². The Morgan fingerprint density at radius 1 is 1.33 bits per heavy atom. The Kier molecular flexibility index (Phi) is 6.23. The van der Waals surface area contributed by atoms with E-state index in [1.54, 1.807) is 12.3 Å². The number of ether oxygens (including phenoxy) is 2. The molecule has 15 heteroatoms. The summed E-state index contributed by atoms with van der Waals surface area (Å²) in [5.41, 5.74) is 0.494. The van der Waals surface area contributed by atoms with E-state index in [0.29, 0.717) is 29.6 Å². The van der Waals surface area contributed by atoms with Crippen LogP contribution in [0.1, 0.15) is 6.42 Å². The van der Waals surface area contributed by atoms with Crippen molar-refractivity contribution < 1.29 is 27.0 Å². The third-order valence-corrected chi connectivity index (χ3v) is 7.22. The number of aromatic nitrogens is 6. The fraction of sp³-hybridized carbons (Fsp3) is 0.458. The number of halogens is 4. The molecule has 1 aromatic carbocycles. The molecule has 4 aromatic rings. The number of hydrogen-bond acceptors (Lipinski definition) is 9. The summed E-state index contributed by atoms with van der Waals surface area (Å²) in [6, 6.07) is 6.07. The average molecular weight is 546 g/mol. The van der Waals surface area contributed by atoms with Gasteiger partial charge in [0, 0.05) is 24.8 Å². The van der Waals surface area contributed by atoms with Crippen molar-refractivity contribution >= 4 is 22.5 Å². The first-order chi connectivity index (χ1) is 18.8. The van der Waals surface area contributed by atoms with Crippen LogP contribution in [0.3, 0.4) is 0 Å². The number of rotatable bonds is 7. The van der Waals surface area contributed by atoms with E-state index in [1.807, 2.05) is 4.90 Å². The molecule has 1 N–H and O–H groups in total. The molecule has 204 valence electrons. The number of anilines is 1. The number of fused-ring (bicyclic) bond motifs is 2. The van der Waals surface area contributed by atoms with Crippen molar-refractivity contribution in [2.45, 2.75) is 37.1 Å². The molecule has 0 bridgehead atoms. The first kappa shape index (κ1) is 25.3. The van der Waals surface area contributed by atoms with Crippen LogP contribution in [0.4, 0.5) is 23.5 Å². The van der Waals surface area contributed by atoms with Crippen molar-refractivity contribution in [3.63, 3.8) is 0 Å². The minimum atomic E-state index is -2.69. The van der Waals surface area contributed by atoms with Crippen molar-refractivity contribution in [1.82, 2.24) is 34.5 Å². The molecule has 2 saturated heterocycles. The van der Waals surface area contributed by atoms with E-state index >= 15 is 4.39 Å². The summed E-state index contributed by atoms with van der Waals surface area (Å²) in [5.74, 6) is -0.437. The lowest BCUT2D eigenvalue weighted by Gasteiger charge is -2.48. The van der Waals surface area contributed by atoms with Crippen LogP contribution in [-0.4, -0.2) is 92.1 Å². The highest BCUT2D eigenvalue weighted by molar-refractivity contribution is 5.89. The van der Waals surface area contributed by atoms with Crippen LogP contribution in [0.2, 0.25) is 0 Å². The molecule has 6 rings (SSSR count). The molecule has 39 heavy (non-hydrogen) atoms. The van der Waals surface area contributed by atoms with Gasteiger partial charge < -0.3 is 14.8 Å². The number of nitrogens with zero attached hydrogens (tertiary/aromatic N) is 8. The number of piperidine rings is 1. The number of hydrogen-bond donors (Lipinski definition) is 1. The van der Waals surface area contributed by atoms with Gasteiger partial charge in [0.25, 0.3) is 6.43 Å². The fourth-order valence-corrected chi connectivity index (χ4v) is 5.11. The molecule has 0 radical (unpaired) electrons. The average Bonchev–Trinajstić information content (AvgIpc) is 3.49. The zero-order chi connectivity index (χ0) is 27.3. The highest BCUT2D eigenvalue weighted by Crippen LogP contribution is 2.35. The molecule has 0 spiro atoms. The molecule has 11 nitrogen and oxygen atoms in total. The molecule has 2 fully saturated rings. The van der Waals surface area contributed by atoms with E-state index in [4.69, 9.17) is 9.47 Å². The quantitative estimate of drug-likeness (QED) is 0.350. The van der Waals surface area contributed by atoms with Crippen molar-refractivity contribution in [2.75, 3.05) is 38.7 Å². The summed E-state index contributed by atoms with van der Waals surface area (Å²) in [5, 5.41) is 24.3. The molecule has 0 aliphatic carbocycles. The number of benzene rings is 1. The Hall–Kier alpha value is -4.03. The molecule has 0 saturated carbocycles. The lowest BCUT2D eigenvalue weighted by atomic mass is 9.92. The van der Waals surface area contributed by atoms with Gasteiger partial charge in [-0.1, -0.05) is 5.21 Å². The summed E-state index contributed by atoms with van der Waals surface area (Å²) < 4.78 is 69.0. The van der Waals surface area contributed by atoms with Crippen LogP contribution >= 0.6 is 0 Å². The molecular formula is C24H23F4N9O2. The lowest BCUT2D eigenvalue weighted by Crippen LogP contribution is -2.65. The number of nitrogens with one attached hydrogen (secondary N) is 1. The zero-order valence-electron chi connectivity index (χ0n) is 20.7. The molecule has 0 unspecified atom stereocenters. The molecule has 2 atom stereocenters. The summed E-state index contributed by atoms with van der Waals surface area (Å²) in [4.78, 5) is 6.23. The monoisotopic (exact) mass is 545 g/mol. The molecule has 0 amide bonds. The molecule has 2 aliphatic rings. The predicted molar refractivity (Wildman–Crippen MR) is 130 cm³/mol. The van der Waals surface area contributed by atoms with E-state index < -0.39 is 36.5 Å². The van der Waals surface area contributed by atoms with Crippen LogP contribution < -0.4 is 10.1 Å². The standard InChI is InChI=1S/C24H23F4N9O2/c1-38-22-21-14(13-6-15(25)20-18(7-13)37(34-32-20)9-19(27)28)2-5-36(21)33-23(31-22)30-17-3-4-35(8-16(17)26)24(10-29)11-39-12-24/h2,5-7,16-17,19H,3-4,8-9,11-12H2,1H3,(H,30,33)/t16-,17+/m1/s1. The molecule has 3 aromatic heterocycles. The summed E-state index contributed by atoms with van der Waals surface area (Å²) in [6.45, 7) is 0.392. The summed E-state index contributed by atoms with van der Waals surface area (Å²) in [7, 11) is 1.41. The first-order valence-corrected chi connectivity index (χ1v) is 12.2. The molecular weight excluding hydrogens is 522 g/mol. The van der Waals surface area contributed by atoms with Gasteiger partial charge in [-0.2, -0.15) is 10.2 Å². The summed E-state index contributed by atoms with van der Waals surface area (Å²) in [6.07, 6.45) is -1.94. The van der Waals surface area contributed by atoms with Crippen LogP contribution in [0.25, 0.3) is 27.7 Å². The number of alkyl halides is 3. The maximum Gasteiger partial charge on any atom is 0.258 e. The molecule has 5 heterocycles. The van der Waals surface area contributed by atoms with Gasteiger partial charge >= 0.3 is 0 Å². The van der Waals surface area contributed by atoms with E-state index in [2.05, 4.69) is 31.8 Å². The van der Waals surface area contributed by atoms with E-state index in [1.165, 1.54) is 23.8 Å². The Balaban J connectivity index is 1.29. The minimum absolute atomic E-state index is 0.0761. The summed E-state index contributed by atoms with van der Waals surface area (Å²) >= 11 is 0. The van der Waals surface area contributed by atoms with Gasteiger partial charge in [-0.3, -0.25) is 4.90 Å². The van der Waals surface area contributed by atoms with Gasteiger partial charge in [0.05, 0.1) is 38.0 Å². The second-order valence-corrected chi connectivity index (χ2v) is 9.59. The minimum Gasteiger partial charge on any atom is -0.479 e. The number of nitriles is 1.